The highest BCUT2D eigenvalue weighted by molar-refractivity contribution is 7.89. The third kappa shape index (κ3) is 2.72. The van der Waals surface area contributed by atoms with Crippen LogP contribution in [0.3, 0.4) is 0 Å². The van der Waals surface area contributed by atoms with E-state index in [1.165, 1.54) is 18.5 Å². The fourth-order valence-corrected chi connectivity index (χ4v) is 2.56. The molecule has 0 amide bonds. The van der Waals surface area contributed by atoms with Crippen molar-refractivity contribution >= 4 is 10.0 Å². The lowest BCUT2D eigenvalue weighted by Crippen LogP contribution is -2.11. The molecular weight excluding hydrogens is 288 g/mol. The summed E-state index contributed by atoms with van der Waals surface area (Å²) in [7, 11) is -3.70. The minimum absolute atomic E-state index is 0.0621. The van der Waals surface area contributed by atoms with Crippen LogP contribution in [0.15, 0.2) is 70.3 Å². The first-order chi connectivity index (χ1) is 10.1. The molecule has 0 bridgehead atoms. The van der Waals surface area contributed by atoms with Gasteiger partial charge in [-0.1, -0.05) is 30.3 Å². The molecule has 0 saturated carbocycles. The van der Waals surface area contributed by atoms with Gasteiger partial charge >= 0.3 is 0 Å². The fraction of sp³-hybridized carbons (Fsp3) is 0. The first-order valence-electron chi connectivity index (χ1n) is 6.18. The summed E-state index contributed by atoms with van der Waals surface area (Å²) in [6, 6.07) is 15.8. The Hall–Kier alpha value is -2.44. The van der Waals surface area contributed by atoms with Crippen LogP contribution in [0.25, 0.3) is 22.6 Å². The normalized spacial score (nSPS) is 11.5. The minimum atomic E-state index is -3.70. The Labute approximate surface area is 122 Å². The molecule has 2 aromatic carbocycles. The van der Waals surface area contributed by atoms with Crippen molar-refractivity contribution in [2.24, 2.45) is 5.14 Å². The lowest BCUT2D eigenvalue weighted by Gasteiger charge is -2.03. The van der Waals surface area contributed by atoms with Gasteiger partial charge in [0.1, 0.15) is 5.69 Å². The second-order valence-corrected chi connectivity index (χ2v) is 6.03. The average molecular weight is 300 g/mol. The zero-order valence-corrected chi connectivity index (χ0v) is 11.7. The molecule has 106 valence electrons. The van der Waals surface area contributed by atoms with Crippen LogP contribution in [-0.4, -0.2) is 13.4 Å². The molecule has 21 heavy (non-hydrogen) atoms. The molecule has 0 saturated heterocycles. The van der Waals surface area contributed by atoms with Crippen LogP contribution < -0.4 is 5.14 Å². The van der Waals surface area contributed by atoms with Gasteiger partial charge in [0, 0.05) is 11.1 Å². The van der Waals surface area contributed by atoms with Gasteiger partial charge in [-0.05, 0) is 24.3 Å². The highest BCUT2D eigenvalue weighted by Gasteiger charge is 2.14. The molecule has 0 aliphatic heterocycles. The second kappa shape index (κ2) is 5.16. The summed E-state index contributed by atoms with van der Waals surface area (Å²) >= 11 is 0. The van der Waals surface area contributed by atoms with Gasteiger partial charge < -0.3 is 4.42 Å². The molecule has 0 fully saturated rings. The number of aromatic nitrogens is 1. The van der Waals surface area contributed by atoms with E-state index in [9.17, 15) is 8.42 Å². The first-order valence-corrected chi connectivity index (χ1v) is 7.72. The van der Waals surface area contributed by atoms with Crippen LogP contribution in [0.4, 0.5) is 0 Å². The topological polar surface area (TPSA) is 86.2 Å². The van der Waals surface area contributed by atoms with E-state index in [-0.39, 0.29) is 4.90 Å². The van der Waals surface area contributed by atoms with Gasteiger partial charge in [0.15, 0.2) is 12.2 Å². The van der Waals surface area contributed by atoms with E-state index < -0.39 is 10.0 Å². The molecular formula is C15H12N2O3S. The molecule has 0 radical (unpaired) electrons. The van der Waals surface area contributed by atoms with E-state index in [1.807, 2.05) is 30.3 Å². The monoisotopic (exact) mass is 300 g/mol. The van der Waals surface area contributed by atoms with Crippen molar-refractivity contribution in [3.63, 3.8) is 0 Å². The van der Waals surface area contributed by atoms with Crippen molar-refractivity contribution in [1.82, 2.24) is 4.98 Å². The Bertz CT molecular complexity index is 853. The van der Waals surface area contributed by atoms with Crippen LogP contribution in [0.2, 0.25) is 0 Å². The smallest absolute Gasteiger partial charge is 0.238 e. The Morgan fingerprint density at radius 3 is 2.19 bits per heavy atom. The van der Waals surface area contributed by atoms with Crippen LogP contribution in [0, 0.1) is 0 Å². The van der Waals surface area contributed by atoms with Crippen molar-refractivity contribution in [1.29, 1.82) is 0 Å². The minimum Gasteiger partial charge on any atom is -0.443 e. The molecule has 5 nitrogen and oxygen atoms in total. The van der Waals surface area contributed by atoms with Crippen LogP contribution in [0.5, 0.6) is 0 Å². The number of oxazole rings is 1. The second-order valence-electron chi connectivity index (χ2n) is 4.47. The van der Waals surface area contributed by atoms with Gasteiger partial charge in [0.05, 0.1) is 4.90 Å². The van der Waals surface area contributed by atoms with E-state index in [4.69, 9.17) is 9.56 Å². The summed E-state index contributed by atoms with van der Waals surface area (Å²) in [5, 5.41) is 5.08. The summed E-state index contributed by atoms with van der Waals surface area (Å²) in [6.07, 6.45) is 1.37. The number of sulfonamides is 1. The standard InChI is InChI=1S/C15H12N2O3S/c16-21(18,19)13-8-6-12(7-9-13)15-14(17-10-20-15)11-4-2-1-3-5-11/h1-10H,(H2,16,18,19). The zero-order chi connectivity index (χ0) is 14.9. The quantitative estimate of drug-likeness (QED) is 0.805. The van der Waals surface area contributed by atoms with Gasteiger partial charge in [-0.25, -0.2) is 18.5 Å². The molecule has 3 rings (SSSR count). The number of hydrogen-bond acceptors (Lipinski definition) is 4. The zero-order valence-electron chi connectivity index (χ0n) is 10.9. The van der Waals surface area contributed by atoms with Crippen LogP contribution >= 0.6 is 0 Å². The van der Waals surface area contributed by atoms with Crippen molar-refractivity contribution in [2.45, 2.75) is 4.90 Å². The van der Waals surface area contributed by atoms with Crippen LogP contribution in [-0.2, 0) is 10.0 Å². The van der Waals surface area contributed by atoms with E-state index in [2.05, 4.69) is 4.98 Å². The maximum absolute atomic E-state index is 11.3. The molecule has 3 aromatic rings. The van der Waals surface area contributed by atoms with Gasteiger partial charge in [-0.2, -0.15) is 0 Å². The number of primary sulfonamides is 1. The number of nitrogens with zero attached hydrogens (tertiary/aromatic N) is 1. The lowest BCUT2D eigenvalue weighted by molar-refractivity contribution is 0.572. The summed E-state index contributed by atoms with van der Waals surface area (Å²) < 4.78 is 28.0. The lowest BCUT2D eigenvalue weighted by atomic mass is 10.1. The van der Waals surface area contributed by atoms with Gasteiger partial charge in [0.2, 0.25) is 10.0 Å². The first kappa shape index (κ1) is 13.5. The van der Waals surface area contributed by atoms with Crippen molar-refractivity contribution in [3.05, 3.63) is 61.0 Å². The number of benzene rings is 2. The third-order valence-electron chi connectivity index (χ3n) is 3.06. The molecule has 6 heteroatoms. The number of nitrogens with two attached hydrogens (primary N) is 1. The highest BCUT2D eigenvalue weighted by Crippen LogP contribution is 2.31. The van der Waals surface area contributed by atoms with Crippen molar-refractivity contribution in [2.75, 3.05) is 0 Å². The summed E-state index contributed by atoms with van der Waals surface area (Å²) in [5.41, 5.74) is 2.37. The molecule has 0 aliphatic rings. The molecule has 2 N–H and O–H groups in total. The van der Waals surface area contributed by atoms with E-state index in [0.717, 1.165) is 11.1 Å². The third-order valence-corrected chi connectivity index (χ3v) is 3.99. The van der Waals surface area contributed by atoms with Crippen molar-refractivity contribution < 1.29 is 12.8 Å². The van der Waals surface area contributed by atoms with Gasteiger partial charge in [-0.3, -0.25) is 0 Å². The Balaban J connectivity index is 2.05. The van der Waals surface area contributed by atoms with Crippen LogP contribution in [0.1, 0.15) is 0 Å². The summed E-state index contributed by atoms with van der Waals surface area (Å²) in [4.78, 5) is 4.29. The Kier molecular flexibility index (Phi) is 3.32. The molecule has 0 aliphatic carbocycles. The van der Waals surface area contributed by atoms with Gasteiger partial charge in [0.25, 0.3) is 0 Å². The Morgan fingerprint density at radius 1 is 0.905 bits per heavy atom. The predicted octanol–water partition coefficient (Wildman–Crippen LogP) is 2.66. The maximum atomic E-state index is 11.3. The van der Waals surface area contributed by atoms with E-state index in [1.54, 1.807) is 12.1 Å². The summed E-state index contributed by atoms with van der Waals surface area (Å²) in [6.45, 7) is 0. The summed E-state index contributed by atoms with van der Waals surface area (Å²) in [5.74, 6) is 0.585. The Morgan fingerprint density at radius 2 is 1.57 bits per heavy atom. The molecule has 0 atom stereocenters. The molecule has 0 unspecified atom stereocenters. The molecule has 1 heterocycles. The average Bonchev–Trinajstić information content (AvgIpc) is 2.97. The fourth-order valence-electron chi connectivity index (χ4n) is 2.05. The number of rotatable bonds is 3. The predicted molar refractivity (Wildman–Crippen MR) is 78.7 cm³/mol. The van der Waals surface area contributed by atoms with E-state index in [0.29, 0.717) is 11.5 Å². The SMILES string of the molecule is NS(=O)(=O)c1ccc(-c2ocnc2-c2ccccc2)cc1. The molecule has 1 aromatic heterocycles. The van der Waals surface area contributed by atoms with Crippen molar-refractivity contribution in [3.8, 4) is 22.6 Å². The highest BCUT2D eigenvalue weighted by atomic mass is 32.2. The largest absolute Gasteiger partial charge is 0.443 e. The maximum Gasteiger partial charge on any atom is 0.238 e. The van der Waals surface area contributed by atoms with Gasteiger partial charge in [-0.15, -0.1) is 0 Å². The number of hydrogen-bond donors (Lipinski definition) is 1. The van der Waals surface area contributed by atoms with E-state index >= 15 is 0 Å². The molecule has 0 spiro atoms.